The summed E-state index contributed by atoms with van der Waals surface area (Å²) in [5.41, 5.74) is 1.44. The molecule has 0 heterocycles. The highest BCUT2D eigenvalue weighted by Crippen LogP contribution is 2.23. The number of benzene rings is 2. The molecule has 126 valence electrons. The lowest BCUT2D eigenvalue weighted by molar-refractivity contribution is -0.256. The average Bonchev–Trinajstić information content (AvgIpc) is 2.58. The van der Waals surface area contributed by atoms with E-state index in [1.807, 2.05) is 12.1 Å². The zero-order chi connectivity index (χ0) is 17.4. The first-order valence-corrected chi connectivity index (χ1v) is 7.33. The molecule has 6 nitrogen and oxygen atoms in total. The summed E-state index contributed by atoms with van der Waals surface area (Å²) in [6, 6.07) is 17.8. The average molecular weight is 330 g/mol. The second-order valence-corrected chi connectivity index (χ2v) is 5.18. The Morgan fingerprint density at radius 2 is 1.21 bits per heavy atom. The van der Waals surface area contributed by atoms with Gasteiger partial charge in [-0.2, -0.15) is 0 Å². The zero-order valence-corrected chi connectivity index (χ0v) is 12.9. The number of hydrogen-bond acceptors (Lipinski definition) is 4. The van der Waals surface area contributed by atoms with Crippen LogP contribution in [-0.2, 0) is 32.3 Å². The van der Waals surface area contributed by atoms with E-state index >= 15 is 0 Å². The first-order valence-electron chi connectivity index (χ1n) is 7.33. The first kappa shape index (κ1) is 17.7. The Balaban J connectivity index is 2.15. The molecule has 6 heteroatoms. The van der Waals surface area contributed by atoms with E-state index in [0.717, 1.165) is 11.1 Å². The Hall–Kier alpha value is -2.70. The van der Waals surface area contributed by atoms with Crippen molar-refractivity contribution in [2.45, 2.75) is 25.4 Å². The minimum atomic E-state index is -2.25. The van der Waals surface area contributed by atoms with E-state index in [-0.39, 0.29) is 13.2 Å². The molecule has 0 fully saturated rings. The Morgan fingerprint density at radius 3 is 1.54 bits per heavy atom. The van der Waals surface area contributed by atoms with Crippen molar-refractivity contribution in [3.05, 3.63) is 71.8 Å². The summed E-state index contributed by atoms with van der Waals surface area (Å²) in [7, 11) is 0. The van der Waals surface area contributed by atoms with Crippen molar-refractivity contribution in [1.82, 2.24) is 0 Å². The molecule has 24 heavy (non-hydrogen) atoms. The van der Waals surface area contributed by atoms with E-state index in [9.17, 15) is 14.7 Å². The molecule has 0 aliphatic heterocycles. The van der Waals surface area contributed by atoms with Gasteiger partial charge in [0.2, 0.25) is 0 Å². The number of ether oxygens (including phenoxy) is 2. The fourth-order valence-corrected chi connectivity index (χ4v) is 2.09. The number of carboxylic acid groups (broad SMARTS) is 2. The van der Waals surface area contributed by atoms with Crippen molar-refractivity contribution in [1.29, 1.82) is 0 Å². The SMILES string of the molecule is O=C(O)CC(OCc1ccccc1)(OCc1ccccc1)C(=O)O. The van der Waals surface area contributed by atoms with E-state index in [4.69, 9.17) is 14.6 Å². The van der Waals surface area contributed by atoms with Crippen molar-refractivity contribution in [3.8, 4) is 0 Å². The summed E-state index contributed by atoms with van der Waals surface area (Å²) in [6.07, 6.45) is -0.804. The molecule has 0 unspecified atom stereocenters. The number of hydrogen-bond donors (Lipinski definition) is 2. The van der Waals surface area contributed by atoms with Gasteiger partial charge in [0.1, 0.15) is 6.42 Å². The maximum Gasteiger partial charge on any atom is 0.365 e. The summed E-state index contributed by atoms with van der Waals surface area (Å²) in [5.74, 6) is -5.05. The second-order valence-electron chi connectivity index (χ2n) is 5.18. The molecule has 0 bridgehead atoms. The molecule has 0 radical (unpaired) electrons. The van der Waals surface area contributed by atoms with Gasteiger partial charge in [0, 0.05) is 0 Å². The first-order chi connectivity index (χ1) is 11.5. The van der Waals surface area contributed by atoms with Crippen LogP contribution in [0.1, 0.15) is 17.5 Å². The molecule has 2 aromatic carbocycles. The highest BCUT2D eigenvalue weighted by molar-refractivity contribution is 5.82. The quantitative estimate of drug-likeness (QED) is 0.687. The van der Waals surface area contributed by atoms with Gasteiger partial charge in [0.25, 0.3) is 5.79 Å². The normalized spacial score (nSPS) is 11.2. The summed E-state index contributed by atoms with van der Waals surface area (Å²) < 4.78 is 10.8. The maximum atomic E-state index is 11.7. The lowest BCUT2D eigenvalue weighted by Gasteiger charge is -2.28. The Morgan fingerprint density at radius 1 is 0.792 bits per heavy atom. The molecule has 2 N–H and O–H groups in total. The molecular formula is C18H18O6. The summed E-state index contributed by atoms with van der Waals surface area (Å²) >= 11 is 0. The van der Waals surface area contributed by atoms with Crippen molar-refractivity contribution >= 4 is 11.9 Å². The van der Waals surface area contributed by atoms with Gasteiger partial charge >= 0.3 is 11.9 Å². The van der Waals surface area contributed by atoms with E-state index in [0.29, 0.717) is 0 Å². The largest absolute Gasteiger partial charge is 0.481 e. The molecule has 2 rings (SSSR count). The highest BCUT2D eigenvalue weighted by Gasteiger charge is 2.44. The van der Waals surface area contributed by atoms with Crippen LogP contribution < -0.4 is 0 Å². The van der Waals surface area contributed by atoms with Crippen LogP contribution >= 0.6 is 0 Å². The Bertz CT molecular complexity index is 625. The predicted octanol–water partition coefficient (Wildman–Crippen LogP) is 2.68. The standard InChI is InChI=1S/C18H18O6/c19-16(20)11-18(17(21)22,23-12-14-7-3-1-4-8-14)24-13-15-9-5-2-6-10-15/h1-10H,11-13H2,(H,19,20)(H,21,22). The molecule has 0 amide bonds. The highest BCUT2D eigenvalue weighted by atomic mass is 16.7. The molecule has 0 aromatic heterocycles. The molecule has 0 aliphatic carbocycles. The summed E-state index contributed by atoms with van der Waals surface area (Å²) in [6.45, 7) is -0.148. The van der Waals surface area contributed by atoms with Crippen LogP contribution in [0.5, 0.6) is 0 Å². The van der Waals surface area contributed by atoms with Crippen LogP contribution in [0.25, 0.3) is 0 Å². The van der Waals surface area contributed by atoms with Crippen LogP contribution in [0, 0.1) is 0 Å². The van der Waals surface area contributed by atoms with Crippen LogP contribution in [0.15, 0.2) is 60.7 Å². The van der Waals surface area contributed by atoms with Gasteiger partial charge in [-0.3, -0.25) is 4.79 Å². The second kappa shape index (κ2) is 8.24. The van der Waals surface area contributed by atoms with Gasteiger partial charge < -0.3 is 19.7 Å². The summed E-state index contributed by atoms with van der Waals surface area (Å²) in [4.78, 5) is 22.8. The van der Waals surface area contributed by atoms with Crippen LogP contribution in [0.2, 0.25) is 0 Å². The molecular weight excluding hydrogens is 312 g/mol. The van der Waals surface area contributed by atoms with Crippen molar-refractivity contribution in [3.63, 3.8) is 0 Å². The number of aliphatic carboxylic acids is 2. The Kier molecular flexibility index (Phi) is 6.06. The molecule has 0 aliphatic rings. The zero-order valence-electron chi connectivity index (χ0n) is 12.9. The lowest BCUT2D eigenvalue weighted by Crippen LogP contribution is -2.46. The van der Waals surface area contributed by atoms with Gasteiger partial charge in [0.05, 0.1) is 13.2 Å². The third-order valence-corrected chi connectivity index (χ3v) is 3.34. The van der Waals surface area contributed by atoms with Crippen LogP contribution in [0.3, 0.4) is 0 Å². The maximum absolute atomic E-state index is 11.7. The van der Waals surface area contributed by atoms with Gasteiger partial charge in [-0.1, -0.05) is 60.7 Å². The Labute approximate surface area is 139 Å². The smallest absolute Gasteiger partial charge is 0.365 e. The van der Waals surface area contributed by atoms with Gasteiger partial charge in [-0.15, -0.1) is 0 Å². The van der Waals surface area contributed by atoms with Crippen molar-refractivity contribution in [2.24, 2.45) is 0 Å². The van der Waals surface area contributed by atoms with Crippen molar-refractivity contribution in [2.75, 3.05) is 0 Å². The monoisotopic (exact) mass is 330 g/mol. The lowest BCUT2D eigenvalue weighted by atomic mass is 10.1. The van der Waals surface area contributed by atoms with E-state index < -0.39 is 24.1 Å². The molecule has 0 saturated carbocycles. The van der Waals surface area contributed by atoms with E-state index in [1.165, 1.54) is 0 Å². The predicted molar refractivity (Wildman–Crippen MR) is 85.1 cm³/mol. The van der Waals surface area contributed by atoms with Crippen molar-refractivity contribution < 1.29 is 29.3 Å². The fourth-order valence-electron chi connectivity index (χ4n) is 2.09. The number of rotatable bonds is 9. The third-order valence-electron chi connectivity index (χ3n) is 3.34. The van der Waals surface area contributed by atoms with Gasteiger partial charge in [-0.25, -0.2) is 4.79 Å². The number of carboxylic acids is 2. The minimum Gasteiger partial charge on any atom is -0.481 e. The third kappa shape index (κ3) is 4.91. The summed E-state index contributed by atoms with van der Waals surface area (Å²) in [5, 5.41) is 18.6. The van der Waals surface area contributed by atoms with Crippen LogP contribution in [0.4, 0.5) is 0 Å². The van der Waals surface area contributed by atoms with Crippen LogP contribution in [-0.4, -0.2) is 27.9 Å². The number of carbonyl (C=O) groups is 2. The molecule has 0 spiro atoms. The van der Waals surface area contributed by atoms with Gasteiger partial charge in [-0.05, 0) is 11.1 Å². The molecule has 0 atom stereocenters. The fraction of sp³-hybridized carbons (Fsp3) is 0.222. The van der Waals surface area contributed by atoms with E-state index in [2.05, 4.69) is 0 Å². The van der Waals surface area contributed by atoms with E-state index in [1.54, 1.807) is 48.5 Å². The molecule has 0 saturated heterocycles. The molecule has 2 aromatic rings. The van der Waals surface area contributed by atoms with Gasteiger partial charge in [0.15, 0.2) is 0 Å². The topological polar surface area (TPSA) is 93.1 Å². The minimum absolute atomic E-state index is 0.0742.